The summed E-state index contributed by atoms with van der Waals surface area (Å²) >= 11 is 0. The maximum Gasteiger partial charge on any atom is 0.250 e. The topological polar surface area (TPSA) is 27.7 Å². The Labute approximate surface area is 117 Å². The highest BCUT2D eigenvalue weighted by Gasteiger charge is 2.40. The van der Waals surface area contributed by atoms with Gasteiger partial charge in [0.15, 0.2) is 6.29 Å². The standard InChI is InChI=1S/C15H24O3Si/c1-15(2,3)19(5,6)18-13-9-7-8-11-12(13)10-17-14(11)16-4/h7-9,14H,10H2,1-6H3. The molecule has 0 aliphatic carbocycles. The quantitative estimate of drug-likeness (QED) is 0.775. The van der Waals surface area contributed by atoms with Gasteiger partial charge in [-0.2, -0.15) is 0 Å². The number of benzene rings is 1. The first-order valence-corrected chi connectivity index (χ1v) is 9.62. The van der Waals surface area contributed by atoms with Crippen molar-refractivity contribution in [3.05, 3.63) is 29.3 Å². The summed E-state index contributed by atoms with van der Waals surface area (Å²) in [4.78, 5) is 0. The third kappa shape index (κ3) is 2.71. The van der Waals surface area contributed by atoms with E-state index in [9.17, 15) is 0 Å². The minimum absolute atomic E-state index is 0.190. The Balaban J connectivity index is 2.31. The highest BCUT2D eigenvalue weighted by Crippen LogP contribution is 2.41. The van der Waals surface area contributed by atoms with Gasteiger partial charge in [0.25, 0.3) is 0 Å². The molecule has 0 saturated heterocycles. The second kappa shape index (κ2) is 4.92. The van der Waals surface area contributed by atoms with Crippen LogP contribution in [0.4, 0.5) is 0 Å². The van der Waals surface area contributed by atoms with E-state index in [4.69, 9.17) is 13.9 Å². The number of hydrogen-bond acceptors (Lipinski definition) is 3. The highest BCUT2D eigenvalue weighted by molar-refractivity contribution is 6.74. The van der Waals surface area contributed by atoms with Gasteiger partial charge >= 0.3 is 0 Å². The largest absolute Gasteiger partial charge is 0.543 e. The fourth-order valence-electron chi connectivity index (χ4n) is 1.93. The van der Waals surface area contributed by atoms with Crippen molar-refractivity contribution in [1.29, 1.82) is 0 Å². The smallest absolute Gasteiger partial charge is 0.250 e. The van der Waals surface area contributed by atoms with E-state index in [1.807, 2.05) is 12.1 Å². The summed E-state index contributed by atoms with van der Waals surface area (Å²) in [7, 11) is -0.149. The number of fused-ring (bicyclic) bond motifs is 1. The second-order valence-corrected chi connectivity index (χ2v) is 11.3. The lowest BCUT2D eigenvalue weighted by Gasteiger charge is -2.37. The van der Waals surface area contributed by atoms with Crippen LogP contribution in [0.2, 0.25) is 18.1 Å². The molecule has 1 unspecified atom stereocenters. The molecule has 1 aliphatic heterocycles. The minimum Gasteiger partial charge on any atom is -0.543 e. The van der Waals surface area contributed by atoms with Crippen LogP contribution in [0, 0.1) is 0 Å². The van der Waals surface area contributed by atoms with E-state index in [2.05, 4.69) is 39.9 Å². The first-order valence-electron chi connectivity index (χ1n) is 6.71. The molecule has 1 aromatic carbocycles. The maximum atomic E-state index is 6.41. The fraction of sp³-hybridized carbons (Fsp3) is 0.600. The van der Waals surface area contributed by atoms with E-state index in [0.717, 1.165) is 16.9 Å². The zero-order valence-corrected chi connectivity index (χ0v) is 13.7. The molecule has 0 amide bonds. The molecule has 0 radical (unpaired) electrons. The van der Waals surface area contributed by atoms with Crippen molar-refractivity contribution in [2.24, 2.45) is 0 Å². The van der Waals surface area contributed by atoms with E-state index in [-0.39, 0.29) is 11.3 Å². The Morgan fingerprint density at radius 3 is 2.53 bits per heavy atom. The van der Waals surface area contributed by atoms with E-state index in [0.29, 0.717) is 6.61 Å². The van der Waals surface area contributed by atoms with Crippen LogP contribution in [0.1, 0.15) is 38.2 Å². The lowest BCUT2D eigenvalue weighted by molar-refractivity contribution is -0.118. The average molecular weight is 280 g/mol. The third-order valence-corrected chi connectivity index (χ3v) is 8.53. The summed E-state index contributed by atoms with van der Waals surface area (Å²) in [6.07, 6.45) is -0.252. The Morgan fingerprint density at radius 1 is 1.26 bits per heavy atom. The molecule has 1 aromatic rings. The predicted octanol–water partition coefficient (Wildman–Crippen LogP) is 4.25. The summed E-state index contributed by atoms with van der Waals surface area (Å²) < 4.78 is 17.4. The normalized spacial score (nSPS) is 19.4. The van der Waals surface area contributed by atoms with E-state index in [1.54, 1.807) is 7.11 Å². The number of methoxy groups -OCH3 is 1. The van der Waals surface area contributed by atoms with Gasteiger partial charge in [0.1, 0.15) is 5.75 Å². The monoisotopic (exact) mass is 280 g/mol. The predicted molar refractivity (Wildman–Crippen MR) is 78.8 cm³/mol. The summed E-state index contributed by atoms with van der Waals surface area (Å²) in [6, 6.07) is 6.11. The zero-order valence-electron chi connectivity index (χ0n) is 12.7. The second-order valence-electron chi connectivity index (χ2n) is 6.56. The molecule has 0 N–H and O–H groups in total. The van der Waals surface area contributed by atoms with E-state index < -0.39 is 8.32 Å². The molecule has 1 heterocycles. The van der Waals surface area contributed by atoms with Crippen LogP contribution < -0.4 is 4.43 Å². The summed E-state index contributed by atoms with van der Waals surface area (Å²) in [5, 5.41) is 0.190. The maximum absolute atomic E-state index is 6.41. The van der Waals surface area contributed by atoms with Crippen LogP contribution in [0.15, 0.2) is 18.2 Å². The Kier molecular flexibility index (Phi) is 3.77. The molecule has 0 bridgehead atoms. The minimum atomic E-state index is -1.82. The van der Waals surface area contributed by atoms with Crippen molar-refractivity contribution in [2.45, 2.75) is 51.8 Å². The number of ether oxygens (including phenoxy) is 2. The molecule has 0 spiro atoms. The van der Waals surface area contributed by atoms with Gasteiger partial charge in [-0.25, -0.2) is 0 Å². The zero-order chi connectivity index (χ0) is 14.3. The molecule has 1 atom stereocenters. The first-order chi connectivity index (χ1) is 8.76. The lowest BCUT2D eigenvalue weighted by atomic mass is 10.1. The average Bonchev–Trinajstić information content (AvgIpc) is 2.71. The third-order valence-electron chi connectivity index (χ3n) is 4.19. The van der Waals surface area contributed by atoms with Crippen LogP contribution in [-0.2, 0) is 16.1 Å². The van der Waals surface area contributed by atoms with Crippen molar-refractivity contribution in [3.63, 3.8) is 0 Å². The summed E-state index contributed by atoms with van der Waals surface area (Å²) in [5.41, 5.74) is 2.23. The SMILES string of the molecule is COC1OCc2c(O[Si](C)(C)C(C)(C)C)cccc21. The van der Waals surface area contributed by atoms with E-state index >= 15 is 0 Å². The van der Waals surface area contributed by atoms with Gasteiger partial charge in [-0.3, -0.25) is 0 Å². The molecule has 19 heavy (non-hydrogen) atoms. The van der Waals surface area contributed by atoms with Crippen molar-refractivity contribution >= 4 is 8.32 Å². The van der Waals surface area contributed by atoms with Gasteiger partial charge < -0.3 is 13.9 Å². The van der Waals surface area contributed by atoms with Gasteiger partial charge in [-0.05, 0) is 24.2 Å². The van der Waals surface area contributed by atoms with Gasteiger partial charge in [0, 0.05) is 18.2 Å². The summed E-state index contributed by atoms with van der Waals surface area (Å²) in [6.45, 7) is 11.8. The molecular weight excluding hydrogens is 256 g/mol. The van der Waals surface area contributed by atoms with Crippen LogP contribution >= 0.6 is 0 Å². The molecule has 0 fully saturated rings. The first kappa shape index (κ1) is 14.6. The van der Waals surface area contributed by atoms with Gasteiger partial charge in [0.2, 0.25) is 8.32 Å². The van der Waals surface area contributed by atoms with E-state index in [1.165, 1.54) is 0 Å². The van der Waals surface area contributed by atoms with Crippen molar-refractivity contribution in [3.8, 4) is 5.75 Å². The van der Waals surface area contributed by atoms with Gasteiger partial charge in [0.05, 0.1) is 6.61 Å². The molecule has 2 rings (SSSR count). The number of hydrogen-bond donors (Lipinski definition) is 0. The molecule has 1 aliphatic rings. The summed E-state index contributed by atoms with van der Waals surface area (Å²) in [5.74, 6) is 0.962. The van der Waals surface area contributed by atoms with Crippen molar-refractivity contribution in [2.75, 3.05) is 7.11 Å². The molecular formula is C15H24O3Si. The van der Waals surface area contributed by atoms with Crippen LogP contribution in [0.25, 0.3) is 0 Å². The number of rotatable bonds is 3. The molecule has 106 valence electrons. The Hall–Kier alpha value is -0.843. The molecule has 4 heteroatoms. The molecule has 3 nitrogen and oxygen atoms in total. The van der Waals surface area contributed by atoms with Crippen LogP contribution in [0.3, 0.4) is 0 Å². The fourth-order valence-corrected chi connectivity index (χ4v) is 2.97. The van der Waals surface area contributed by atoms with Gasteiger partial charge in [-0.15, -0.1) is 0 Å². The molecule has 0 aromatic heterocycles. The Morgan fingerprint density at radius 2 is 1.95 bits per heavy atom. The van der Waals surface area contributed by atoms with Crippen LogP contribution in [0.5, 0.6) is 5.75 Å². The Bertz CT molecular complexity index is 463. The lowest BCUT2D eigenvalue weighted by Crippen LogP contribution is -2.44. The van der Waals surface area contributed by atoms with Crippen molar-refractivity contribution < 1.29 is 13.9 Å². The molecule has 0 saturated carbocycles. The van der Waals surface area contributed by atoms with Crippen molar-refractivity contribution in [1.82, 2.24) is 0 Å². The highest BCUT2D eigenvalue weighted by atomic mass is 28.4. The van der Waals surface area contributed by atoms with Gasteiger partial charge in [-0.1, -0.05) is 32.9 Å². The van der Waals surface area contributed by atoms with Crippen LogP contribution in [-0.4, -0.2) is 15.4 Å².